The molecule has 2 heterocycles. The molecular weight excluding hydrogens is 232 g/mol. The van der Waals surface area contributed by atoms with Crippen molar-refractivity contribution in [2.75, 3.05) is 12.3 Å². The summed E-state index contributed by atoms with van der Waals surface area (Å²) in [5.74, 6) is 1.06. The summed E-state index contributed by atoms with van der Waals surface area (Å²) in [6, 6.07) is 1.74. The van der Waals surface area contributed by atoms with Gasteiger partial charge < -0.3 is 15.6 Å². The van der Waals surface area contributed by atoms with E-state index >= 15 is 0 Å². The fourth-order valence-corrected chi connectivity index (χ4v) is 1.68. The van der Waals surface area contributed by atoms with Crippen molar-refractivity contribution >= 4 is 5.82 Å². The molecule has 96 valence electrons. The van der Waals surface area contributed by atoms with Gasteiger partial charge in [0.15, 0.2) is 0 Å². The van der Waals surface area contributed by atoms with Crippen molar-refractivity contribution in [2.24, 2.45) is 7.05 Å². The minimum absolute atomic E-state index is 0.435. The van der Waals surface area contributed by atoms with Crippen molar-refractivity contribution in [1.82, 2.24) is 14.8 Å². The molecule has 2 aromatic heterocycles. The van der Waals surface area contributed by atoms with Crippen LogP contribution in [0.4, 0.5) is 5.82 Å². The minimum Gasteiger partial charge on any atom is -0.492 e. The number of nitrogens with two attached hydrogens (primary N) is 1. The number of hydrogen-bond acceptors (Lipinski definition) is 5. The number of aryl methyl sites for hydroxylation is 1. The molecule has 0 amide bonds. The number of anilines is 1. The van der Waals surface area contributed by atoms with Crippen molar-refractivity contribution in [3.8, 4) is 5.75 Å². The number of aliphatic hydroxyl groups excluding tert-OH is 1. The van der Waals surface area contributed by atoms with Crippen LogP contribution in [-0.2, 0) is 7.05 Å². The molecule has 0 aliphatic carbocycles. The Morgan fingerprint density at radius 1 is 1.44 bits per heavy atom. The molecular formula is C12H16N4O2. The van der Waals surface area contributed by atoms with Crippen LogP contribution in [0.5, 0.6) is 5.75 Å². The normalized spacial score (nSPS) is 12.4. The molecule has 0 bridgehead atoms. The van der Waals surface area contributed by atoms with Crippen LogP contribution in [-0.4, -0.2) is 26.5 Å². The van der Waals surface area contributed by atoms with Crippen molar-refractivity contribution in [3.63, 3.8) is 0 Å². The zero-order chi connectivity index (χ0) is 13.1. The van der Waals surface area contributed by atoms with Crippen LogP contribution in [0.3, 0.4) is 0 Å². The van der Waals surface area contributed by atoms with Crippen molar-refractivity contribution in [1.29, 1.82) is 0 Å². The van der Waals surface area contributed by atoms with E-state index in [9.17, 15) is 5.11 Å². The van der Waals surface area contributed by atoms with E-state index in [2.05, 4.69) is 10.1 Å². The summed E-state index contributed by atoms with van der Waals surface area (Å²) in [5.41, 5.74) is 7.01. The Hall–Kier alpha value is -2.08. The molecule has 6 nitrogen and oxygen atoms in total. The summed E-state index contributed by atoms with van der Waals surface area (Å²) < 4.78 is 6.85. The number of nitrogen functional groups attached to an aromatic ring is 1. The Bertz CT molecular complexity index is 539. The van der Waals surface area contributed by atoms with Gasteiger partial charge in [0, 0.05) is 24.4 Å². The molecule has 3 N–H and O–H groups in total. The molecule has 0 saturated heterocycles. The minimum atomic E-state index is -0.855. The van der Waals surface area contributed by atoms with E-state index in [1.54, 1.807) is 31.7 Å². The summed E-state index contributed by atoms with van der Waals surface area (Å²) in [6.45, 7) is 2.44. The van der Waals surface area contributed by atoms with Crippen molar-refractivity contribution in [3.05, 3.63) is 35.8 Å². The number of aliphatic hydroxyl groups is 1. The smallest absolute Gasteiger partial charge is 0.137 e. The SMILES string of the molecule is CCOc1cncc(C(O)c2cnn(C)c2N)c1. The summed E-state index contributed by atoms with van der Waals surface area (Å²) in [7, 11) is 1.72. The summed E-state index contributed by atoms with van der Waals surface area (Å²) in [4.78, 5) is 4.03. The molecule has 2 rings (SSSR count). The van der Waals surface area contributed by atoms with Gasteiger partial charge in [-0.3, -0.25) is 9.67 Å². The first-order chi connectivity index (χ1) is 8.63. The fraction of sp³-hybridized carbons (Fsp3) is 0.333. The topological polar surface area (TPSA) is 86.2 Å². The summed E-state index contributed by atoms with van der Waals surface area (Å²) in [5, 5.41) is 14.3. The van der Waals surface area contributed by atoms with Gasteiger partial charge in [0.25, 0.3) is 0 Å². The fourth-order valence-electron chi connectivity index (χ4n) is 1.68. The zero-order valence-corrected chi connectivity index (χ0v) is 10.4. The van der Waals surface area contributed by atoms with Crippen molar-refractivity contribution < 1.29 is 9.84 Å². The quantitative estimate of drug-likeness (QED) is 0.838. The molecule has 2 aromatic rings. The largest absolute Gasteiger partial charge is 0.492 e. The molecule has 0 aliphatic heterocycles. The number of nitrogens with zero attached hydrogens (tertiary/aromatic N) is 3. The molecule has 1 atom stereocenters. The molecule has 18 heavy (non-hydrogen) atoms. The third-order valence-electron chi connectivity index (χ3n) is 2.67. The Morgan fingerprint density at radius 2 is 2.22 bits per heavy atom. The van der Waals surface area contributed by atoms with Gasteiger partial charge in [-0.1, -0.05) is 0 Å². The van der Waals surface area contributed by atoms with E-state index < -0.39 is 6.10 Å². The van der Waals surface area contributed by atoms with Crippen LogP contribution in [0.25, 0.3) is 0 Å². The third-order valence-corrected chi connectivity index (χ3v) is 2.67. The van der Waals surface area contributed by atoms with Crippen LogP contribution in [0.2, 0.25) is 0 Å². The standard InChI is InChI=1S/C12H16N4O2/c1-3-18-9-4-8(5-14-6-9)11(17)10-7-15-16(2)12(10)13/h4-7,11,17H,3,13H2,1-2H3. The van der Waals surface area contributed by atoms with Crippen LogP contribution >= 0.6 is 0 Å². The van der Waals surface area contributed by atoms with Crippen LogP contribution in [0.1, 0.15) is 24.2 Å². The Morgan fingerprint density at radius 3 is 2.83 bits per heavy atom. The Kier molecular flexibility index (Phi) is 3.47. The van der Waals surface area contributed by atoms with Crippen LogP contribution in [0.15, 0.2) is 24.7 Å². The molecule has 0 saturated carbocycles. The average molecular weight is 248 g/mol. The third kappa shape index (κ3) is 2.28. The number of pyridine rings is 1. The Labute approximate surface area is 105 Å². The van der Waals surface area contributed by atoms with Gasteiger partial charge in [0.1, 0.15) is 17.7 Å². The first kappa shape index (κ1) is 12.4. The van der Waals surface area contributed by atoms with Gasteiger partial charge in [-0.25, -0.2) is 0 Å². The van der Waals surface area contributed by atoms with E-state index in [1.165, 1.54) is 4.68 Å². The molecule has 0 spiro atoms. The molecule has 0 radical (unpaired) electrons. The van der Waals surface area contributed by atoms with E-state index in [-0.39, 0.29) is 0 Å². The predicted molar refractivity (Wildman–Crippen MR) is 67.1 cm³/mol. The second-order valence-electron chi connectivity index (χ2n) is 3.90. The maximum absolute atomic E-state index is 10.2. The lowest BCUT2D eigenvalue weighted by Crippen LogP contribution is -2.05. The lowest BCUT2D eigenvalue weighted by atomic mass is 10.1. The summed E-state index contributed by atoms with van der Waals surface area (Å²) >= 11 is 0. The highest BCUT2D eigenvalue weighted by molar-refractivity contribution is 5.44. The predicted octanol–water partition coefficient (Wildman–Crippen LogP) is 0.878. The van der Waals surface area contributed by atoms with Crippen LogP contribution < -0.4 is 10.5 Å². The number of ether oxygens (including phenoxy) is 1. The van der Waals surface area contributed by atoms with Gasteiger partial charge in [-0.15, -0.1) is 0 Å². The van der Waals surface area contributed by atoms with E-state index in [4.69, 9.17) is 10.5 Å². The zero-order valence-electron chi connectivity index (χ0n) is 10.4. The molecule has 1 unspecified atom stereocenters. The molecule has 6 heteroatoms. The lowest BCUT2D eigenvalue weighted by Gasteiger charge is -2.11. The van der Waals surface area contributed by atoms with Crippen molar-refractivity contribution in [2.45, 2.75) is 13.0 Å². The van der Waals surface area contributed by atoms with Gasteiger partial charge in [0.2, 0.25) is 0 Å². The second-order valence-corrected chi connectivity index (χ2v) is 3.90. The molecule has 0 fully saturated rings. The highest BCUT2D eigenvalue weighted by Crippen LogP contribution is 2.27. The monoisotopic (exact) mass is 248 g/mol. The van der Waals surface area contributed by atoms with Gasteiger partial charge >= 0.3 is 0 Å². The molecule has 0 aliphatic rings. The first-order valence-electron chi connectivity index (χ1n) is 5.66. The van der Waals surface area contributed by atoms with Gasteiger partial charge in [-0.05, 0) is 13.0 Å². The highest BCUT2D eigenvalue weighted by Gasteiger charge is 2.17. The van der Waals surface area contributed by atoms with Gasteiger partial charge in [0.05, 0.1) is 19.0 Å². The van der Waals surface area contributed by atoms with E-state index in [0.29, 0.717) is 29.3 Å². The second kappa shape index (κ2) is 5.05. The maximum Gasteiger partial charge on any atom is 0.137 e. The number of aromatic nitrogens is 3. The Balaban J connectivity index is 2.30. The first-order valence-corrected chi connectivity index (χ1v) is 5.66. The average Bonchev–Trinajstić information content (AvgIpc) is 2.70. The maximum atomic E-state index is 10.2. The van der Waals surface area contributed by atoms with Crippen LogP contribution in [0, 0.1) is 0 Å². The summed E-state index contributed by atoms with van der Waals surface area (Å²) in [6.07, 6.45) is 3.88. The number of hydrogen-bond donors (Lipinski definition) is 2. The van der Waals surface area contributed by atoms with E-state index in [0.717, 1.165) is 0 Å². The number of rotatable bonds is 4. The molecule has 0 aromatic carbocycles. The lowest BCUT2D eigenvalue weighted by molar-refractivity contribution is 0.219. The van der Waals surface area contributed by atoms with E-state index in [1.807, 2.05) is 6.92 Å². The highest BCUT2D eigenvalue weighted by atomic mass is 16.5. The van der Waals surface area contributed by atoms with Gasteiger partial charge in [-0.2, -0.15) is 5.10 Å².